The summed E-state index contributed by atoms with van der Waals surface area (Å²) in [6.07, 6.45) is 0.00262. The van der Waals surface area contributed by atoms with Gasteiger partial charge in [-0.25, -0.2) is 9.97 Å². The molecule has 6 nitrogen and oxygen atoms in total. The quantitative estimate of drug-likeness (QED) is 0.440. The minimum absolute atomic E-state index is 0.00262. The van der Waals surface area contributed by atoms with Gasteiger partial charge in [-0.15, -0.1) is 0 Å². The third kappa shape index (κ3) is 5.16. The van der Waals surface area contributed by atoms with Crippen LogP contribution in [0.1, 0.15) is 39.8 Å². The van der Waals surface area contributed by atoms with Crippen LogP contribution in [0.3, 0.4) is 0 Å². The van der Waals surface area contributed by atoms with Gasteiger partial charge in [0.15, 0.2) is 0 Å². The number of hydrogen-bond donors (Lipinski definition) is 1. The lowest BCUT2D eigenvalue weighted by atomic mass is 10.0. The molecule has 0 bridgehead atoms. The SMILES string of the molecule is Cc1nc2ccccc2nc1COC(=O)CC(NC(=O)c1ccccc1)c1ccccc1. The third-order valence-electron chi connectivity index (χ3n) is 5.13. The highest BCUT2D eigenvalue weighted by molar-refractivity contribution is 5.94. The van der Waals surface area contributed by atoms with Crippen LogP contribution in [0.25, 0.3) is 11.0 Å². The second kappa shape index (κ2) is 9.83. The molecule has 0 saturated carbocycles. The summed E-state index contributed by atoms with van der Waals surface area (Å²) in [7, 11) is 0. The van der Waals surface area contributed by atoms with Gasteiger partial charge in [0, 0.05) is 5.56 Å². The predicted octanol–water partition coefficient (Wildman–Crippen LogP) is 4.54. The average Bonchev–Trinajstić information content (AvgIpc) is 2.83. The number of nitrogens with one attached hydrogen (secondary N) is 1. The summed E-state index contributed by atoms with van der Waals surface area (Å²) in [6, 6.07) is 25.3. The highest BCUT2D eigenvalue weighted by atomic mass is 16.5. The Morgan fingerprint density at radius 1 is 0.844 bits per heavy atom. The van der Waals surface area contributed by atoms with E-state index in [0.29, 0.717) is 17.0 Å². The highest BCUT2D eigenvalue weighted by Gasteiger charge is 2.20. The van der Waals surface area contributed by atoms with Crippen molar-refractivity contribution in [3.63, 3.8) is 0 Å². The molecule has 1 atom stereocenters. The normalized spacial score (nSPS) is 11.7. The van der Waals surface area contributed by atoms with Crippen molar-refractivity contribution in [1.29, 1.82) is 0 Å². The molecule has 0 aliphatic rings. The number of rotatable bonds is 7. The van der Waals surface area contributed by atoms with E-state index in [1.165, 1.54) is 0 Å². The van der Waals surface area contributed by atoms with E-state index in [2.05, 4.69) is 15.3 Å². The van der Waals surface area contributed by atoms with E-state index in [1.54, 1.807) is 24.3 Å². The fourth-order valence-corrected chi connectivity index (χ4v) is 3.40. The first-order valence-corrected chi connectivity index (χ1v) is 10.4. The van der Waals surface area contributed by atoms with Crippen molar-refractivity contribution in [3.05, 3.63) is 107 Å². The average molecular weight is 425 g/mol. The summed E-state index contributed by atoms with van der Waals surface area (Å²) in [5.41, 5.74) is 4.24. The summed E-state index contributed by atoms with van der Waals surface area (Å²) < 4.78 is 5.50. The summed E-state index contributed by atoms with van der Waals surface area (Å²) in [4.78, 5) is 34.4. The molecule has 3 aromatic carbocycles. The molecule has 1 aromatic heterocycles. The van der Waals surface area contributed by atoms with Crippen LogP contribution in [0.15, 0.2) is 84.9 Å². The zero-order valence-electron chi connectivity index (χ0n) is 17.7. The maximum Gasteiger partial charge on any atom is 0.308 e. The number of amides is 1. The molecule has 4 rings (SSSR count). The first-order valence-electron chi connectivity index (χ1n) is 10.4. The van der Waals surface area contributed by atoms with E-state index < -0.39 is 12.0 Å². The van der Waals surface area contributed by atoms with Gasteiger partial charge >= 0.3 is 5.97 Å². The van der Waals surface area contributed by atoms with Gasteiger partial charge in [0.1, 0.15) is 6.61 Å². The molecule has 160 valence electrons. The van der Waals surface area contributed by atoms with Crippen molar-refractivity contribution in [2.75, 3.05) is 0 Å². The number of para-hydroxylation sites is 2. The molecule has 1 unspecified atom stereocenters. The van der Waals surface area contributed by atoms with Crippen LogP contribution in [0.2, 0.25) is 0 Å². The lowest BCUT2D eigenvalue weighted by Crippen LogP contribution is -2.30. The lowest BCUT2D eigenvalue weighted by Gasteiger charge is -2.19. The minimum Gasteiger partial charge on any atom is -0.459 e. The Hall–Kier alpha value is -4.06. The Kier molecular flexibility index (Phi) is 6.51. The zero-order chi connectivity index (χ0) is 22.3. The Bertz CT molecular complexity index is 1230. The van der Waals surface area contributed by atoms with Gasteiger partial charge in [0.2, 0.25) is 0 Å². The fraction of sp³-hybridized carbons (Fsp3) is 0.154. The molecule has 0 saturated heterocycles. The standard InChI is InChI=1S/C26H23N3O3/c1-18-24(28-22-15-9-8-14-21(22)27-18)17-32-25(30)16-23(19-10-4-2-5-11-19)29-26(31)20-12-6-3-7-13-20/h2-15,23H,16-17H2,1H3,(H,29,31). The number of fused-ring (bicyclic) bond motifs is 1. The van der Waals surface area contributed by atoms with Gasteiger partial charge < -0.3 is 10.1 Å². The van der Waals surface area contributed by atoms with Gasteiger partial charge in [-0.05, 0) is 36.8 Å². The molecule has 32 heavy (non-hydrogen) atoms. The van der Waals surface area contributed by atoms with Crippen molar-refractivity contribution in [2.24, 2.45) is 0 Å². The summed E-state index contributed by atoms with van der Waals surface area (Å²) in [6.45, 7) is 1.87. The monoisotopic (exact) mass is 425 g/mol. The Balaban J connectivity index is 1.45. The molecule has 6 heteroatoms. The number of aromatic nitrogens is 2. The Morgan fingerprint density at radius 2 is 1.44 bits per heavy atom. The van der Waals surface area contributed by atoms with Crippen LogP contribution in [0.4, 0.5) is 0 Å². The lowest BCUT2D eigenvalue weighted by molar-refractivity contribution is -0.145. The smallest absolute Gasteiger partial charge is 0.308 e. The molecule has 0 fully saturated rings. The number of esters is 1. The van der Waals surface area contributed by atoms with Gasteiger partial charge in [-0.3, -0.25) is 9.59 Å². The number of carbonyl (C=O) groups is 2. The molecule has 0 radical (unpaired) electrons. The number of benzene rings is 3. The first kappa shape index (κ1) is 21.2. The van der Waals surface area contributed by atoms with E-state index in [0.717, 1.165) is 16.6 Å². The van der Waals surface area contributed by atoms with Crippen LogP contribution >= 0.6 is 0 Å². The van der Waals surface area contributed by atoms with Gasteiger partial charge in [-0.1, -0.05) is 60.7 Å². The van der Waals surface area contributed by atoms with E-state index in [9.17, 15) is 9.59 Å². The second-order valence-corrected chi connectivity index (χ2v) is 7.41. The highest BCUT2D eigenvalue weighted by Crippen LogP contribution is 2.19. The number of ether oxygens (including phenoxy) is 1. The maximum atomic E-state index is 12.7. The molecule has 4 aromatic rings. The van der Waals surface area contributed by atoms with E-state index in [1.807, 2.05) is 67.6 Å². The van der Waals surface area contributed by atoms with E-state index in [4.69, 9.17) is 4.74 Å². The van der Waals surface area contributed by atoms with Crippen molar-refractivity contribution in [2.45, 2.75) is 26.0 Å². The number of hydrogen-bond acceptors (Lipinski definition) is 5. The largest absolute Gasteiger partial charge is 0.459 e. The van der Waals surface area contributed by atoms with Crippen LogP contribution in [-0.2, 0) is 16.1 Å². The van der Waals surface area contributed by atoms with Crippen molar-refractivity contribution in [3.8, 4) is 0 Å². The topological polar surface area (TPSA) is 81.2 Å². The Labute approximate surface area is 186 Å². The number of nitrogens with zero attached hydrogens (tertiary/aromatic N) is 2. The first-order chi connectivity index (χ1) is 15.6. The van der Waals surface area contributed by atoms with Crippen LogP contribution in [-0.4, -0.2) is 21.8 Å². The molecule has 1 amide bonds. The van der Waals surface area contributed by atoms with E-state index >= 15 is 0 Å². The fourth-order valence-electron chi connectivity index (χ4n) is 3.40. The van der Waals surface area contributed by atoms with Gasteiger partial charge in [0.05, 0.1) is 34.9 Å². The third-order valence-corrected chi connectivity index (χ3v) is 5.13. The van der Waals surface area contributed by atoms with Gasteiger partial charge in [0.25, 0.3) is 5.91 Å². The molecular weight excluding hydrogens is 402 g/mol. The second-order valence-electron chi connectivity index (χ2n) is 7.41. The summed E-state index contributed by atoms with van der Waals surface area (Å²) in [5, 5.41) is 2.95. The summed E-state index contributed by atoms with van der Waals surface area (Å²) in [5.74, 6) is -0.676. The molecule has 0 aliphatic heterocycles. The molecule has 1 heterocycles. The predicted molar refractivity (Wildman–Crippen MR) is 122 cm³/mol. The number of carbonyl (C=O) groups excluding carboxylic acids is 2. The summed E-state index contributed by atoms with van der Waals surface area (Å²) >= 11 is 0. The number of aryl methyl sites for hydroxylation is 1. The zero-order valence-corrected chi connectivity index (χ0v) is 17.7. The van der Waals surface area contributed by atoms with Crippen molar-refractivity contribution >= 4 is 22.9 Å². The molecular formula is C26H23N3O3. The molecule has 0 aliphatic carbocycles. The van der Waals surface area contributed by atoms with E-state index in [-0.39, 0.29) is 18.9 Å². The van der Waals surface area contributed by atoms with Crippen molar-refractivity contribution in [1.82, 2.24) is 15.3 Å². The van der Waals surface area contributed by atoms with Crippen LogP contribution in [0, 0.1) is 6.92 Å². The molecule has 0 spiro atoms. The maximum absolute atomic E-state index is 12.7. The van der Waals surface area contributed by atoms with Crippen molar-refractivity contribution < 1.29 is 14.3 Å². The Morgan fingerprint density at radius 3 is 2.12 bits per heavy atom. The van der Waals surface area contributed by atoms with Gasteiger partial charge in [-0.2, -0.15) is 0 Å². The molecule has 1 N–H and O–H groups in total. The van der Waals surface area contributed by atoms with Crippen LogP contribution in [0.5, 0.6) is 0 Å². The van der Waals surface area contributed by atoms with Crippen LogP contribution < -0.4 is 5.32 Å². The minimum atomic E-state index is -0.514.